The van der Waals surface area contributed by atoms with Crippen LogP contribution in [0.2, 0.25) is 0 Å². The van der Waals surface area contributed by atoms with E-state index < -0.39 is 41.3 Å². The standard InChI is InChI=1S/C22H20F3N3O3/c1-31-18-8-11(23)2-3-13(18)12-4-6-22(24,25)10-14(12)16-9-17(29)19-15(28-16)5-7-27-20(19)21(26)30/h2-3,5,7-9,12,14H,4,6,10H2,1H3,(H2,26,30)(H,28,29)/t12?,14-/m1/s1. The predicted octanol–water partition coefficient (Wildman–Crippen LogP) is 3.86. The largest absolute Gasteiger partial charge is 0.496 e. The Morgan fingerprint density at radius 3 is 2.74 bits per heavy atom. The number of rotatable bonds is 4. The van der Waals surface area contributed by atoms with E-state index in [-0.39, 0.29) is 35.2 Å². The van der Waals surface area contributed by atoms with Crippen molar-refractivity contribution < 1.29 is 22.7 Å². The molecule has 6 nitrogen and oxygen atoms in total. The van der Waals surface area contributed by atoms with Crippen LogP contribution in [0.15, 0.2) is 41.3 Å². The van der Waals surface area contributed by atoms with Crippen LogP contribution in [0.25, 0.3) is 10.9 Å². The van der Waals surface area contributed by atoms with Crippen molar-refractivity contribution >= 4 is 16.8 Å². The molecule has 0 aliphatic heterocycles. The zero-order valence-corrected chi connectivity index (χ0v) is 16.6. The number of benzene rings is 1. The van der Waals surface area contributed by atoms with E-state index in [1.54, 1.807) is 0 Å². The summed E-state index contributed by atoms with van der Waals surface area (Å²) in [6.45, 7) is 0. The molecule has 0 bridgehead atoms. The second kappa shape index (κ2) is 7.72. The van der Waals surface area contributed by atoms with E-state index >= 15 is 0 Å². The molecule has 1 amide bonds. The molecule has 2 heterocycles. The van der Waals surface area contributed by atoms with Gasteiger partial charge >= 0.3 is 0 Å². The van der Waals surface area contributed by atoms with Gasteiger partial charge in [0.25, 0.3) is 5.91 Å². The number of alkyl halides is 2. The first kappa shape index (κ1) is 20.9. The Kier molecular flexibility index (Phi) is 5.20. The minimum Gasteiger partial charge on any atom is -0.496 e. The van der Waals surface area contributed by atoms with Gasteiger partial charge in [-0.3, -0.25) is 14.6 Å². The summed E-state index contributed by atoms with van der Waals surface area (Å²) >= 11 is 0. The predicted molar refractivity (Wildman–Crippen MR) is 108 cm³/mol. The molecule has 1 saturated carbocycles. The van der Waals surface area contributed by atoms with Gasteiger partial charge in [-0.15, -0.1) is 0 Å². The molecule has 1 aromatic carbocycles. The van der Waals surface area contributed by atoms with Crippen LogP contribution < -0.4 is 15.9 Å². The molecule has 0 saturated heterocycles. The minimum atomic E-state index is -2.92. The van der Waals surface area contributed by atoms with E-state index in [2.05, 4.69) is 9.97 Å². The number of carbonyl (C=O) groups is 1. The monoisotopic (exact) mass is 431 g/mol. The van der Waals surface area contributed by atoms with E-state index in [4.69, 9.17) is 10.5 Å². The first-order valence-electron chi connectivity index (χ1n) is 9.73. The van der Waals surface area contributed by atoms with Crippen molar-refractivity contribution in [2.45, 2.75) is 37.0 Å². The number of amides is 1. The number of methoxy groups -OCH3 is 1. The van der Waals surface area contributed by atoms with Crippen molar-refractivity contribution in [2.24, 2.45) is 5.73 Å². The molecule has 0 spiro atoms. The summed E-state index contributed by atoms with van der Waals surface area (Å²) in [5, 5.41) is 0.0113. The van der Waals surface area contributed by atoms with Crippen LogP contribution in [0.3, 0.4) is 0 Å². The fourth-order valence-corrected chi connectivity index (χ4v) is 4.43. The molecule has 2 aromatic heterocycles. The molecule has 3 aromatic rings. The number of ether oxygens (including phenoxy) is 1. The number of carbonyl (C=O) groups excluding carboxylic acids is 1. The van der Waals surface area contributed by atoms with Crippen LogP contribution >= 0.6 is 0 Å². The molecule has 162 valence electrons. The highest BCUT2D eigenvalue weighted by molar-refractivity contribution is 6.03. The average Bonchev–Trinajstić information content (AvgIpc) is 2.72. The van der Waals surface area contributed by atoms with E-state index in [1.165, 1.54) is 43.6 Å². The van der Waals surface area contributed by atoms with Gasteiger partial charge in [-0.05, 0) is 30.0 Å². The Morgan fingerprint density at radius 2 is 2.03 bits per heavy atom. The van der Waals surface area contributed by atoms with Crippen LogP contribution in [0.5, 0.6) is 5.75 Å². The van der Waals surface area contributed by atoms with Crippen molar-refractivity contribution in [2.75, 3.05) is 7.11 Å². The number of primary amides is 1. The average molecular weight is 431 g/mol. The molecule has 31 heavy (non-hydrogen) atoms. The molecule has 1 fully saturated rings. The highest BCUT2D eigenvalue weighted by Crippen LogP contribution is 2.51. The molecule has 4 rings (SSSR count). The maximum Gasteiger partial charge on any atom is 0.268 e. The lowest BCUT2D eigenvalue weighted by atomic mass is 9.72. The van der Waals surface area contributed by atoms with Crippen LogP contribution in [0, 0.1) is 5.82 Å². The number of nitrogens with zero attached hydrogens (tertiary/aromatic N) is 1. The lowest BCUT2D eigenvalue weighted by molar-refractivity contribution is -0.0466. The summed E-state index contributed by atoms with van der Waals surface area (Å²) < 4.78 is 47.8. The lowest BCUT2D eigenvalue weighted by Crippen LogP contribution is -2.31. The summed E-state index contributed by atoms with van der Waals surface area (Å²) in [5.41, 5.74) is 5.77. The van der Waals surface area contributed by atoms with Gasteiger partial charge in [-0.2, -0.15) is 0 Å². The third-order valence-corrected chi connectivity index (χ3v) is 5.82. The van der Waals surface area contributed by atoms with Crippen LogP contribution in [0.1, 0.15) is 52.8 Å². The van der Waals surface area contributed by atoms with Gasteiger partial charge in [0, 0.05) is 42.8 Å². The summed E-state index contributed by atoms with van der Waals surface area (Å²) in [5.74, 6) is -5.20. The van der Waals surface area contributed by atoms with Gasteiger partial charge in [-0.1, -0.05) is 6.07 Å². The summed E-state index contributed by atoms with van der Waals surface area (Å²) in [7, 11) is 1.39. The topological polar surface area (TPSA) is 98.1 Å². The number of pyridine rings is 2. The highest BCUT2D eigenvalue weighted by Gasteiger charge is 2.44. The third-order valence-electron chi connectivity index (χ3n) is 5.82. The normalized spacial score (nSPS) is 20.5. The minimum absolute atomic E-state index is 0.0113. The Balaban J connectivity index is 1.87. The third kappa shape index (κ3) is 3.87. The lowest BCUT2D eigenvalue weighted by Gasteiger charge is -2.37. The number of aromatic amines is 1. The smallest absolute Gasteiger partial charge is 0.268 e. The van der Waals surface area contributed by atoms with Crippen LogP contribution in [-0.2, 0) is 0 Å². The van der Waals surface area contributed by atoms with E-state index in [1.807, 2.05) is 0 Å². The number of halogens is 3. The highest BCUT2D eigenvalue weighted by atomic mass is 19.3. The maximum absolute atomic E-state index is 14.4. The first-order valence-corrected chi connectivity index (χ1v) is 9.73. The van der Waals surface area contributed by atoms with Crippen molar-refractivity contribution in [3.63, 3.8) is 0 Å². The summed E-state index contributed by atoms with van der Waals surface area (Å²) in [6.07, 6.45) is 0.621. The van der Waals surface area contributed by atoms with Gasteiger partial charge in [0.15, 0.2) is 5.43 Å². The van der Waals surface area contributed by atoms with Crippen molar-refractivity contribution in [3.8, 4) is 5.75 Å². The van der Waals surface area contributed by atoms with E-state index in [0.717, 1.165) is 0 Å². The number of hydrogen-bond donors (Lipinski definition) is 2. The number of nitrogens with two attached hydrogens (primary N) is 1. The van der Waals surface area contributed by atoms with Crippen molar-refractivity contribution in [3.05, 3.63) is 69.5 Å². The molecular formula is C22H20F3N3O3. The van der Waals surface area contributed by atoms with Gasteiger partial charge < -0.3 is 15.5 Å². The van der Waals surface area contributed by atoms with Gasteiger partial charge in [0.2, 0.25) is 5.92 Å². The number of nitrogens with one attached hydrogen (secondary N) is 1. The number of aromatic nitrogens is 2. The second-order valence-electron chi connectivity index (χ2n) is 7.73. The molecule has 2 atom stereocenters. The maximum atomic E-state index is 14.4. The summed E-state index contributed by atoms with van der Waals surface area (Å²) in [4.78, 5) is 31.3. The van der Waals surface area contributed by atoms with Gasteiger partial charge in [-0.25, -0.2) is 13.2 Å². The molecule has 9 heteroatoms. The van der Waals surface area contributed by atoms with Crippen LogP contribution in [0.4, 0.5) is 13.2 Å². The zero-order chi connectivity index (χ0) is 22.3. The fraction of sp³-hybridized carbons (Fsp3) is 0.318. The van der Waals surface area contributed by atoms with Crippen LogP contribution in [-0.4, -0.2) is 28.9 Å². The summed E-state index contributed by atoms with van der Waals surface area (Å²) in [6, 6.07) is 6.71. The molecule has 3 N–H and O–H groups in total. The zero-order valence-electron chi connectivity index (χ0n) is 16.6. The Labute approximate surface area is 175 Å². The quantitative estimate of drug-likeness (QED) is 0.656. The number of fused-ring (bicyclic) bond motifs is 1. The second-order valence-corrected chi connectivity index (χ2v) is 7.73. The molecule has 1 aliphatic rings. The number of hydrogen-bond acceptors (Lipinski definition) is 4. The van der Waals surface area contributed by atoms with E-state index in [0.29, 0.717) is 11.3 Å². The Hall–Kier alpha value is -3.36. The molecular weight excluding hydrogens is 411 g/mol. The van der Waals surface area contributed by atoms with Crippen molar-refractivity contribution in [1.82, 2.24) is 9.97 Å². The SMILES string of the molecule is COc1cc(F)ccc1C1CCC(F)(F)C[C@H]1c1cc(=O)c2c(C(N)=O)nccc2[nH]1. The van der Waals surface area contributed by atoms with Gasteiger partial charge in [0.05, 0.1) is 18.0 Å². The molecule has 0 radical (unpaired) electrons. The van der Waals surface area contributed by atoms with Gasteiger partial charge in [0.1, 0.15) is 17.3 Å². The first-order chi connectivity index (χ1) is 14.7. The number of H-pyrrole nitrogens is 1. The Bertz CT molecular complexity index is 1230. The Morgan fingerprint density at radius 1 is 1.26 bits per heavy atom. The molecule has 1 aliphatic carbocycles. The molecule has 1 unspecified atom stereocenters. The van der Waals surface area contributed by atoms with Crippen molar-refractivity contribution in [1.29, 1.82) is 0 Å². The van der Waals surface area contributed by atoms with E-state index in [9.17, 15) is 22.8 Å². The fourth-order valence-electron chi connectivity index (χ4n) is 4.43.